The van der Waals surface area contributed by atoms with Gasteiger partial charge in [0.2, 0.25) is 0 Å². The van der Waals surface area contributed by atoms with Crippen LogP contribution in [-0.4, -0.2) is 21.0 Å². The van der Waals surface area contributed by atoms with E-state index in [4.69, 9.17) is 27.9 Å². The van der Waals surface area contributed by atoms with Crippen LogP contribution in [0.1, 0.15) is 5.01 Å². The molecule has 2 aromatic heterocycles. The van der Waals surface area contributed by atoms with E-state index in [1.807, 2.05) is 25.1 Å². The largest absolute Gasteiger partial charge is 0.417 e. The molecule has 0 atom stereocenters. The Kier molecular flexibility index (Phi) is 5.02. The van der Waals surface area contributed by atoms with Gasteiger partial charge < -0.3 is 9.72 Å². The molecule has 6 nitrogen and oxygen atoms in total. The Hall–Kier alpha value is -3.13. The molecule has 0 unspecified atom stereocenters. The van der Waals surface area contributed by atoms with E-state index >= 15 is 0 Å². The molecule has 0 aliphatic rings. The number of fused-ring (bicyclic) bond motifs is 2. The Labute approximate surface area is 190 Å². The number of aromatic amines is 1. The molecule has 3 aromatic carbocycles. The quantitative estimate of drug-likeness (QED) is 0.296. The average Bonchev–Trinajstić information content (AvgIpc) is 3.29. The van der Waals surface area contributed by atoms with Gasteiger partial charge in [-0.3, -0.25) is 5.32 Å². The molecular weight excluding hydrogens is 455 g/mol. The third kappa shape index (κ3) is 3.95. The standard InChI is InChI=1S/C22H14Cl2N4O2S/c1-11-25-18-9-12(5-8-19(18)31-11)26-22(29)30-13-6-7-16-17(10-13)28-21(27-16)20-14(23)3-2-4-15(20)24/h2-10H,1H3,(H,26,29)(H,27,28). The van der Waals surface area contributed by atoms with Crippen LogP contribution in [0.25, 0.3) is 32.6 Å². The van der Waals surface area contributed by atoms with Gasteiger partial charge in [-0.15, -0.1) is 11.3 Å². The number of hydrogen-bond acceptors (Lipinski definition) is 5. The minimum Gasteiger partial charge on any atom is -0.410 e. The van der Waals surface area contributed by atoms with Crippen LogP contribution in [0.4, 0.5) is 10.5 Å². The number of halogens is 2. The molecule has 154 valence electrons. The lowest BCUT2D eigenvalue weighted by Gasteiger charge is -2.06. The van der Waals surface area contributed by atoms with Crippen molar-refractivity contribution in [2.75, 3.05) is 5.32 Å². The Morgan fingerprint density at radius 1 is 1.03 bits per heavy atom. The van der Waals surface area contributed by atoms with Crippen molar-refractivity contribution in [3.8, 4) is 17.1 Å². The molecular formula is C22H14Cl2N4O2S. The van der Waals surface area contributed by atoms with Gasteiger partial charge in [0.15, 0.2) is 0 Å². The van der Waals surface area contributed by atoms with Crippen molar-refractivity contribution in [1.82, 2.24) is 15.0 Å². The second-order valence-corrected chi connectivity index (χ2v) is 8.84. The molecule has 0 spiro atoms. The van der Waals surface area contributed by atoms with Crippen molar-refractivity contribution in [2.24, 2.45) is 0 Å². The van der Waals surface area contributed by atoms with E-state index in [9.17, 15) is 4.79 Å². The molecule has 9 heteroatoms. The molecule has 5 rings (SSSR count). The van der Waals surface area contributed by atoms with Gasteiger partial charge in [0, 0.05) is 11.8 Å². The van der Waals surface area contributed by atoms with Crippen LogP contribution >= 0.6 is 34.5 Å². The molecule has 0 bridgehead atoms. The number of nitrogens with one attached hydrogen (secondary N) is 2. The maximum atomic E-state index is 12.4. The van der Waals surface area contributed by atoms with Crippen molar-refractivity contribution in [1.29, 1.82) is 0 Å². The van der Waals surface area contributed by atoms with Gasteiger partial charge in [-0.05, 0) is 49.4 Å². The lowest BCUT2D eigenvalue weighted by Crippen LogP contribution is -2.16. The number of imidazole rings is 1. The SMILES string of the molecule is Cc1nc2cc(NC(=O)Oc3ccc4nc(-c5c(Cl)cccc5Cl)[nH]c4c3)ccc2s1. The Balaban J connectivity index is 1.36. The molecule has 2 N–H and O–H groups in total. The first kappa shape index (κ1) is 19.8. The zero-order valence-corrected chi connectivity index (χ0v) is 18.4. The van der Waals surface area contributed by atoms with E-state index in [0.29, 0.717) is 43.9 Å². The van der Waals surface area contributed by atoms with Crippen molar-refractivity contribution in [2.45, 2.75) is 6.92 Å². The fraction of sp³-hybridized carbons (Fsp3) is 0.0455. The summed E-state index contributed by atoms with van der Waals surface area (Å²) in [6.07, 6.45) is -0.598. The van der Waals surface area contributed by atoms with Crippen LogP contribution < -0.4 is 10.1 Å². The number of aromatic nitrogens is 3. The summed E-state index contributed by atoms with van der Waals surface area (Å²) in [6, 6.07) is 16.0. The highest BCUT2D eigenvalue weighted by Gasteiger charge is 2.14. The van der Waals surface area contributed by atoms with Crippen LogP contribution in [0.15, 0.2) is 54.6 Å². The van der Waals surface area contributed by atoms with Crippen molar-refractivity contribution < 1.29 is 9.53 Å². The molecule has 2 heterocycles. The molecule has 0 aliphatic carbocycles. The van der Waals surface area contributed by atoms with E-state index < -0.39 is 6.09 Å². The summed E-state index contributed by atoms with van der Waals surface area (Å²) in [4.78, 5) is 24.5. The highest BCUT2D eigenvalue weighted by Crippen LogP contribution is 2.34. The van der Waals surface area contributed by atoms with Gasteiger partial charge in [0.25, 0.3) is 0 Å². The number of hydrogen-bond donors (Lipinski definition) is 2. The maximum Gasteiger partial charge on any atom is 0.417 e. The number of ether oxygens (including phenoxy) is 1. The number of amides is 1. The van der Waals surface area contributed by atoms with E-state index in [-0.39, 0.29) is 0 Å². The van der Waals surface area contributed by atoms with E-state index in [0.717, 1.165) is 15.2 Å². The number of benzene rings is 3. The summed E-state index contributed by atoms with van der Waals surface area (Å²) in [5.41, 5.74) is 3.46. The zero-order valence-electron chi connectivity index (χ0n) is 16.1. The van der Waals surface area contributed by atoms with Gasteiger partial charge in [-0.25, -0.2) is 14.8 Å². The normalized spacial score (nSPS) is 11.2. The number of nitrogens with zero attached hydrogens (tertiary/aromatic N) is 2. The summed E-state index contributed by atoms with van der Waals surface area (Å²) in [6.45, 7) is 1.95. The topological polar surface area (TPSA) is 79.9 Å². The number of H-pyrrole nitrogens is 1. The number of aryl methyl sites for hydroxylation is 1. The first-order chi connectivity index (χ1) is 15.0. The summed E-state index contributed by atoms with van der Waals surface area (Å²) >= 11 is 14.2. The summed E-state index contributed by atoms with van der Waals surface area (Å²) in [5, 5.41) is 4.69. The summed E-state index contributed by atoms with van der Waals surface area (Å²) in [7, 11) is 0. The molecule has 1 amide bonds. The highest BCUT2D eigenvalue weighted by molar-refractivity contribution is 7.18. The highest BCUT2D eigenvalue weighted by atomic mass is 35.5. The molecule has 0 saturated heterocycles. The fourth-order valence-electron chi connectivity index (χ4n) is 3.27. The van der Waals surface area contributed by atoms with Crippen LogP contribution in [0.5, 0.6) is 5.75 Å². The third-order valence-electron chi connectivity index (χ3n) is 4.60. The van der Waals surface area contributed by atoms with E-state index in [1.54, 1.807) is 47.7 Å². The Bertz CT molecular complexity index is 1440. The lowest BCUT2D eigenvalue weighted by atomic mass is 10.2. The van der Waals surface area contributed by atoms with Crippen molar-refractivity contribution in [3.63, 3.8) is 0 Å². The van der Waals surface area contributed by atoms with Gasteiger partial charge in [0.1, 0.15) is 11.6 Å². The minimum absolute atomic E-state index is 0.371. The molecule has 0 fully saturated rings. The van der Waals surface area contributed by atoms with Crippen LogP contribution in [0, 0.1) is 6.92 Å². The average molecular weight is 469 g/mol. The predicted octanol–water partition coefficient (Wildman–Crippen LogP) is 7.07. The van der Waals surface area contributed by atoms with E-state index in [2.05, 4.69) is 20.3 Å². The lowest BCUT2D eigenvalue weighted by molar-refractivity contribution is 0.215. The number of carbonyl (C=O) groups is 1. The van der Waals surface area contributed by atoms with Crippen LogP contribution in [0.3, 0.4) is 0 Å². The summed E-state index contributed by atoms with van der Waals surface area (Å²) in [5.74, 6) is 0.912. The number of anilines is 1. The van der Waals surface area contributed by atoms with Gasteiger partial charge in [-0.2, -0.15) is 0 Å². The third-order valence-corrected chi connectivity index (χ3v) is 6.19. The van der Waals surface area contributed by atoms with Crippen LogP contribution in [-0.2, 0) is 0 Å². The summed E-state index contributed by atoms with van der Waals surface area (Å²) < 4.78 is 6.50. The van der Waals surface area contributed by atoms with Crippen LogP contribution in [0.2, 0.25) is 10.0 Å². The second-order valence-electron chi connectivity index (χ2n) is 6.79. The number of carbonyl (C=O) groups excluding carboxylic acids is 1. The van der Waals surface area contributed by atoms with Gasteiger partial charge >= 0.3 is 6.09 Å². The smallest absolute Gasteiger partial charge is 0.410 e. The fourth-order valence-corrected chi connectivity index (χ4v) is 4.65. The van der Waals surface area contributed by atoms with Crippen molar-refractivity contribution in [3.05, 3.63) is 69.7 Å². The maximum absolute atomic E-state index is 12.4. The van der Waals surface area contributed by atoms with Gasteiger partial charge in [0.05, 0.1) is 41.9 Å². The molecule has 0 aliphatic heterocycles. The Morgan fingerprint density at radius 2 is 1.84 bits per heavy atom. The molecule has 31 heavy (non-hydrogen) atoms. The molecule has 5 aromatic rings. The number of thiazole rings is 1. The number of rotatable bonds is 3. The molecule has 0 saturated carbocycles. The Morgan fingerprint density at radius 3 is 2.65 bits per heavy atom. The first-order valence-electron chi connectivity index (χ1n) is 9.26. The minimum atomic E-state index is -0.598. The first-order valence-corrected chi connectivity index (χ1v) is 10.8. The van der Waals surface area contributed by atoms with Crippen molar-refractivity contribution >= 4 is 67.6 Å². The van der Waals surface area contributed by atoms with E-state index in [1.165, 1.54) is 0 Å². The zero-order chi connectivity index (χ0) is 21.5. The monoisotopic (exact) mass is 468 g/mol. The predicted molar refractivity (Wildman–Crippen MR) is 126 cm³/mol. The second kappa shape index (κ2) is 7.85. The van der Waals surface area contributed by atoms with Gasteiger partial charge in [-0.1, -0.05) is 29.3 Å². The molecule has 0 radical (unpaired) electrons.